The minimum atomic E-state index is 0.0516. The topological polar surface area (TPSA) is 67.6 Å². The van der Waals surface area contributed by atoms with Crippen molar-refractivity contribution in [2.75, 3.05) is 37.4 Å². The summed E-state index contributed by atoms with van der Waals surface area (Å²) in [5.74, 6) is 1.35. The van der Waals surface area contributed by atoms with Gasteiger partial charge in [0.1, 0.15) is 5.75 Å². The second-order valence-corrected chi connectivity index (χ2v) is 5.29. The molecule has 1 saturated heterocycles. The maximum Gasteiger partial charge on any atom is 0.216 e. The number of amides is 1. The number of methoxy groups -OCH3 is 1. The Morgan fingerprint density at radius 1 is 1.45 bits per heavy atom. The van der Waals surface area contributed by atoms with E-state index in [0.29, 0.717) is 11.6 Å². The molecule has 0 radical (unpaired) electrons. The predicted molar refractivity (Wildman–Crippen MR) is 81.0 cm³/mol. The van der Waals surface area contributed by atoms with E-state index in [2.05, 4.69) is 10.2 Å². The van der Waals surface area contributed by atoms with Gasteiger partial charge in [0.05, 0.1) is 12.8 Å². The monoisotopic (exact) mass is 277 g/mol. The fourth-order valence-corrected chi connectivity index (χ4v) is 2.58. The number of hydrogen-bond acceptors (Lipinski definition) is 4. The number of nitrogens with one attached hydrogen (secondary N) is 1. The van der Waals surface area contributed by atoms with Crippen LogP contribution < -0.4 is 20.7 Å². The molecular weight excluding hydrogens is 254 g/mol. The highest BCUT2D eigenvalue weighted by atomic mass is 16.5. The quantitative estimate of drug-likeness (QED) is 0.821. The third-order valence-electron chi connectivity index (χ3n) is 3.84. The molecule has 0 atom stereocenters. The second kappa shape index (κ2) is 6.50. The number of ether oxygens (including phenoxy) is 1. The fourth-order valence-electron chi connectivity index (χ4n) is 2.58. The van der Waals surface area contributed by atoms with Gasteiger partial charge >= 0.3 is 0 Å². The Morgan fingerprint density at radius 2 is 2.15 bits per heavy atom. The molecule has 0 unspecified atom stereocenters. The fraction of sp³-hybridized carbons (Fsp3) is 0.533. The minimum absolute atomic E-state index is 0.0516. The Balaban J connectivity index is 1.91. The van der Waals surface area contributed by atoms with Crippen LogP contribution in [0.4, 0.5) is 11.4 Å². The van der Waals surface area contributed by atoms with E-state index >= 15 is 0 Å². The van der Waals surface area contributed by atoms with E-state index in [4.69, 9.17) is 10.5 Å². The zero-order chi connectivity index (χ0) is 14.5. The van der Waals surface area contributed by atoms with Gasteiger partial charge in [-0.1, -0.05) is 0 Å². The van der Waals surface area contributed by atoms with E-state index < -0.39 is 0 Å². The van der Waals surface area contributed by atoms with E-state index in [1.807, 2.05) is 18.2 Å². The molecule has 2 rings (SSSR count). The molecule has 110 valence electrons. The van der Waals surface area contributed by atoms with E-state index in [9.17, 15) is 4.79 Å². The Labute approximate surface area is 120 Å². The molecule has 0 bridgehead atoms. The number of benzene rings is 1. The molecule has 1 fully saturated rings. The summed E-state index contributed by atoms with van der Waals surface area (Å²) in [7, 11) is 1.63. The lowest BCUT2D eigenvalue weighted by Crippen LogP contribution is -2.38. The normalized spacial score (nSPS) is 16.0. The Morgan fingerprint density at radius 3 is 2.75 bits per heavy atom. The van der Waals surface area contributed by atoms with Crippen molar-refractivity contribution in [2.45, 2.75) is 19.8 Å². The average molecular weight is 277 g/mol. The lowest BCUT2D eigenvalue weighted by atomic mass is 9.96. The predicted octanol–water partition coefficient (Wildman–Crippen LogP) is 1.63. The van der Waals surface area contributed by atoms with Gasteiger partial charge in [-0.2, -0.15) is 0 Å². The summed E-state index contributed by atoms with van der Waals surface area (Å²) in [6.07, 6.45) is 2.18. The summed E-state index contributed by atoms with van der Waals surface area (Å²) >= 11 is 0. The number of carbonyl (C=O) groups is 1. The highest BCUT2D eigenvalue weighted by molar-refractivity contribution is 5.72. The third-order valence-corrected chi connectivity index (χ3v) is 3.84. The Kier molecular flexibility index (Phi) is 4.71. The van der Waals surface area contributed by atoms with E-state index in [1.165, 1.54) is 0 Å². The maximum absolute atomic E-state index is 10.9. The molecule has 0 aliphatic carbocycles. The number of rotatable bonds is 4. The molecule has 0 saturated carbocycles. The molecule has 3 N–H and O–H groups in total. The van der Waals surface area contributed by atoms with Crippen LogP contribution in [-0.4, -0.2) is 32.7 Å². The molecule has 5 heteroatoms. The summed E-state index contributed by atoms with van der Waals surface area (Å²) < 4.78 is 5.26. The number of nitrogens with zero attached hydrogens (tertiary/aromatic N) is 1. The third kappa shape index (κ3) is 3.56. The number of nitrogens with two attached hydrogens (primary N) is 1. The highest BCUT2D eigenvalue weighted by Crippen LogP contribution is 2.29. The molecule has 1 aromatic carbocycles. The van der Waals surface area contributed by atoms with Crippen LogP contribution in [-0.2, 0) is 4.79 Å². The molecule has 20 heavy (non-hydrogen) atoms. The summed E-state index contributed by atoms with van der Waals surface area (Å²) in [5, 5.41) is 2.90. The second-order valence-electron chi connectivity index (χ2n) is 5.29. The van der Waals surface area contributed by atoms with Crippen LogP contribution in [0, 0.1) is 5.92 Å². The van der Waals surface area contributed by atoms with Gasteiger partial charge in [-0.15, -0.1) is 0 Å². The van der Waals surface area contributed by atoms with Crippen LogP contribution in [0.5, 0.6) is 5.75 Å². The van der Waals surface area contributed by atoms with Gasteiger partial charge in [-0.05, 0) is 30.9 Å². The average Bonchev–Trinajstić information content (AvgIpc) is 2.46. The summed E-state index contributed by atoms with van der Waals surface area (Å²) in [5.41, 5.74) is 7.65. The molecule has 1 aromatic rings. The van der Waals surface area contributed by atoms with Gasteiger partial charge in [0.15, 0.2) is 0 Å². The largest absolute Gasteiger partial charge is 0.495 e. The van der Waals surface area contributed by atoms with E-state index in [0.717, 1.165) is 43.9 Å². The Hall–Kier alpha value is -1.91. The molecule has 1 aliphatic rings. The van der Waals surface area contributed by atoms with Crippen LogP contribution in [0.1, 0.15) is 19.8 Å². The van der Waals surface area contributed by atoms with Crippen molar-refractivity contribution in [3.05, 3.63) is 18.2 Å². The van der Waals surface area contributed by atoms with E-state index in [1.54, 1.807) is 14.0 Å². The standard InChI is InChI=1S/C15H23N3O2/c1-11(19)17-10-12-5-7-18(8-6-12)13-3-4-14(16)15(9-13)20-2/h3-4,9,12H,5-8,10,16H2,1-2H3,(H,17,19). The SMILES string of the molecule is COc1cc(N2CCC(CNC(C)=O)CC2)ccc1N. The van der Waals surface area contributed by atoms with Crippen LogP contribution in [0.2, 0.25) is 0 Å². The number of hydrogen-bond donors (Lipinski definition) is 2. The van der Waals surface area contributed by atoms with Crippen molar-refractivity contribution in [3.8, 4) is 5.75 Å². The summed E-state index contributed by atoms with van der Waals surface area (Å²) in [4.78, 5) is 13.3. The van der Waals surface area contributed by atoms with E-state index in [-0.39, 0.29) is 5.91 Å². The number of anilines is 2. The zero-order valence-corrected chi connectivity index (χ0v) is 12.2. The lowest BCUT2D eigenvalue weighted by molar-refractivity contribution is -0.119. The molecule has 1 heterocycles. The molecule has 1 amide bonds. The van der Waals surface area contributed by atoms with Crippen LogP contribution in [0.15, 0.2) is 18.2 Å². The van der Waals surface area contributed by atoms with Gasteiger partial charge in [0, 0.05) is 38.3 Å². The van der Waals surface area contributed by atoms with Crippen LogP contribution >= 0.6 is 0 Å². The van der Waals surface area contributed by atoms with Gasteiger partial charge in [0.2, 0.25) is 5.91 Å². The molecule has 0 aromatic heterocycles. The number of carbonyl (C=O) groups excluding carboxylic acids is 1. The molecule has 1 aliphatic heterocycles. The first-order valence-electron chi connectivity index (χ1n) is 7.03. The zero-order valence-electron chi connectivity index (χ0n) is 12.2. The number of piperidine rings is 1. The smallest absolute Gasteiger partial charge is 0.216 e. The van der Waals surface area contributed by atoms with Gasteiger partial charge in [-0.25, -0.2) is 0 Å². The van der Waals surface area contributed by atoms with Crippen molar-refractivity contribution < 1.29 is 9.53 Å². The molecular formula is C15H23N3O2. The first-order valence-corrected chi connectivity index (χ1v) is 7.03. The van der Waals surface area contributed by atoms with Crippen molar-refractivity contribution in [1.29, 1.82) is 0 Å². The first-order chi connectivity index (χ1) is 9.60. The highest BCUT2D eigenvalue weighted by Gasteiger charge is 2.20. The van der Waals surface area contributed by atoms with Crippen molar-refractivity contribution in [3.63, 3.8) is 0 Å². The minimum Gasteiger partial charge on any atom is -0.495 e. The Bertz CT molecular complexity index is 468. The van der Waals surface area contributed by atoms with Crippen molar-refractivity contribution in [1.82, 2.24) is 5.32 Å². The number of nitrogen functional groups attached to an aromatic ring is 1. The molecule has 0 spiro atoms. The maximum atomic E-state index is 10.9. The summed E-state index contributed by atoms with van der Waals surface area (Å²) in [6, 6.07) is 5.91. The van der Waals surface area contributed by atoms with Gasteiger partial charge < -0.3 is 20.7 Å². The molecule has 5 nitrogen and oxygen atoms in total. The van der Waals surface area contributed by atoms with Crippen molar-refractivity contribution >= 4 is 17.3 Å². The van der Waals surface area contributed by atoms with Crippen molar-refractivity contribution in [2.24, 2.45) is 5.92 Å². The van der Waals surface area contributed by atoms with Gasteiger partial charge in [0.25, 0.3) is 0 Å². The lowest BCUT2D eigenvalue weighted by Gasteiger charge is -2.33. The first kappa shape index (κ1) is 14.5. The summed E-state index contributed by atoms with van der Waals surface area (Å²) in [6.45, 7) is 4.35. The van der Waals surface area contributed by atoms with Crippen LogP contribution in [0.3, 0.4) is 0 Å². The van der Waals surface area contributed by atoms with Crippen LogP contribution in [0.25, 0.3) is 0 Å². The van der Waals surface area contributed by atoms with Gasteiger partial charge in [-0.3, -0.25) is 4.79 Å².